The molecule has 5 rings (SSSR count). The normalized spacial score (nSPS) is 20.3. The zero-order chi connectivity index (χ0) is 27.3. The molecule has 38 heavy (non-hydrogen) atoms. The van der Waals surface area contributed by atoms with Gasteiger partial charge in [0.05, 0.1) is 11.2 Å². The number of fused-ring (bicyclic) bond motifs is 2. The summed E-state index contributed by atoms with van der Waals surface area (Å²) in [6, 6.07) is 2.95. The number of hydrogen-bond acceptors (Lipinski definition) is 6. The molecule has 2 N–H and O–H groups in total. The molecular weight excluding hydrogens is 503 g/mol. The Morgan fingerprint density at radius 3 is 2.29 bits per heavy atom. The molecule has 1 aliphatic heterocycles. The van der Waals surface area contributed by atoms with Crippen LogP contribution < -0.4 is 10.0 Å². The minimum absolute atomic E-state index is 0.171. The van der Waals surface area contributed by atoms with Crippen molar-refractivity contribution in [2.75, 3.05) is 5.32 Å². The molecule has 2 aromatic rings. The van der Waals surface area contributed by atoms with Crippen LogP contribution in [0.5, 0.6) is 0 Å². The Morgan fingerprint density at radius 2 is 1.68 bits per heavy atom. The smallest absolute Gasteiger partial charge is 0.403 e. The third-order valence-electron chi connectivity index (χ3n) is 8.58. The highest BCUT2D eigenvalue weighted by molar-refractivity contribution is 7.90. The van der Waals surface area contributed by atoms with Crippen molar-refractivity contribution in [2.45, 2.75) is 109 Å². The first-order chi connectivity index (χ1) is 17.8. The number of carbonyl (C=O) groups is 1. The lowest BCUT2D eigenvalue weighted by atomic mass is 9.77. The summed E-state index contributed by atoms with van der Waals surface area (Å²) in [5.74, 6) is 0.284. The number of amides is 2. The molecule has 1 atom stereocenters. The van der Waals surface area contributed by atoms with Crippen LogP contribution in [0.4, 0.5) is 10.5 Å². The Balaban J connectivity index is 1.17. The summed E-state index contributed by atoms with van der Waals surface area (Å²) in [5, 5.41) is 6.93. The van der Waals surface area contributed by atoms with Crippen molar-refractivity contribution in [1.29, 1.82) is 0 Å². The second-order valence-corrected chi connectivity index (χ2v) is 13.7. The summed E-state index contributed by atoms with van der Waals surface area (Å²) in [6.07, 6.45) is 9.08. The summed E-state index contributed by atoms with van der Waals surface area (Å²) in [4.78, 5) is 12.8. The van der Waals surface area contributed by atoms with Gasteiger partial charge in [0.25, 0.3) is 10.0 Å². The van der Waals surface area contributed by atoms with Crippen LogP contribution in [0.3, 0.4) is 0 Å². The van der Waals surface area contributed by atoms with Gasteiger partial charge in [-0.15, -0.1) is 0 Å². The Bertz CT molecular complexity index is 1290. The molecule has 0 saturated carbocycles. The summed E-state index contributed by atoms with van der Waals surface area (Å²) in [6.45, 7) is 10.8. The van der Waals surface area contributed by atoms with Crippen LogP contribution in [0.25, 0.3) is 0 Å². The van der Waals surface area contributed by atoms with E-state index < -0.39 is 16.1 Å². The van der Waals surface area contributed by atoms with Crippen molar-refractivity contribution in [3.63, 3.8) is 0 Å². The molecule has 9 nitrogen and oxygen atoms in total. The van der Waals surface area contributed by atoms with E-state index in [2.05, 4.69) is 28.1 Å². The minimum Gasteiger partial charge on any atom is -0.403 e. The molecule has 11 heteroatoms. The van der Waals surface area contributed by atoms with Crippen molar-refractivity contribution >= 4 is 28.9 Å². The molecular formula is C27H39BN4O5S. The molecule has 2 amide bonds. The standard InChI is InChI=1S/C27H39BN4O5S/c1-18(17-28-36-26(2,3)27(4,5)37-28)12-14-32-15-13-23(30-32)38(34,35)31-25(33)29-24-21-10-6-8-19(21)16-20-9-7-11-22(20)24/h13,15-16,18H,6-12,14,17H2,1-5H3,(H2,29,31,33). The quantitative estimate of drug-likeness (QED) is 0.476. The lowest BCUT2D eigenvalue weighted by molar-refractivity contribution is 0.00578. The topological polar surface area (TPSA) is 112 Å². The fourth-order valence-electron chi connectivity index (χ4n) is 5.75. The van der Waals surface area contributed by atoms with Gasteiger partial charge in [-0.3, -0.25) is 4.68 Å². The van der Waals surface area contributed by atoms with Crippen LogP contribution in [0.15, 0.2) is 23.4 Å². The van der Waals surface area contributed by atoms with Crippen LogP contribution in [0.1, 0.15) is 76.1 Å². The number of hydrogen-bond donors (Lipinski definition) is 2. The van der Waals surface area contributed by atoms with E-state index >= 15 is 0 Å². The number of anilines is 1. The lowest BCUT2D eigenvalue weighted by Crippen LogP contribution is -2.41. The maximum absolute atomic E-state index is 12.9. The zero-order valence-corrected chi connectivity index (χ0v) is 23.9. The molecule has 206 valence electrons. The molecule has 2 heterocycles. The zero-order valence-electron chi connectivity index (χ0n) is 23.1. The SMILES string of the molecule is CC(CCn1ccc(S(=O)(=O)NC(=O)Nc2c3c(cc4c2CCC4)CCC3)n1)CB1OC(C)(C)C(C)(C)O1. The number of urea groups is 1. The molecule has 1 saturated heterocycles. The Morgan fingerprint density at radius 1 is 1.08 bits per heavy atom. The number of sulfonamides is 1. The predicted octanol–water partition coefficient (Wildman–Crippen LogP) is 4.49. The molecule has 3 aliphatic rings. The molecule has 1 aromatic carbocycles. The van der Waals surface area contributed by atoms with Crippen LogP contribution in [0.2, 0.25) is 6.32 Å². The summed E-state index contributed by atoms with van der Waals surface area (Å²) >= 11 is 0. The molecule has 1 unspecified atom stereocenters. The van der Waals surface area contributed by atoms with Gasteiger partial charge in [0.2, 0.25) is 0 Å². The summed E-state index contributed by atoms with van der Waals surface area (Å²) in [5.41, 5.74) is 4.94. The van der Waals surface area contributed by atoms with E-state index in [1.165, 1.54) is 17.2 Å². The average molecular weight is 543 g/mol. The van der Waals surface area contributed by atoms with Gasteiger partial charge < -0.3 is 14.6 Å². The van der Waals surface area contributed by atoms with Crippen LogP contribution in [-0.2, 0) is 51.6 Å². The lowest BCUT2D eigenvalue weighted by Gasteiger charge is -2.32. The second-order valence-electron chi connectivity index (χ2n) is 12.0. The minimum atomic E-state index is -4.10. The number of aryl methyl sites for hydroxylation is 3. The third kappa shape index (κ3) is 5.38. The first-order valence-electron chi connectivity index (χ1n) is 13.7. The van der Waals surface area contributed by atoms with E-state index in [0.717, 1.165) is 68.1 Å². The monoisotopic (exact) mass is 542 g/mol. The highest BCUT2D eigenvalue weighted by Crippen LogP contribution is 2.39. The number of benzene rings is 1. The first-order valence-corrected chi connectivity index (χ1v) is 15.2. The molecule has 1 fully saturated rings. The number of nitrogens with one attached hydrogen (secondary N) is 2. The van der Waals surface area contributed by atoms with Gasteiger partial charge in [-0.1, -0.05) is 13.0 Å². The molecule has 0 bridgehead atoms. The van der Waals surface area contributed by atoms with Gasteiger partial charge in [0.1, 0.15) is 0 Å². The Kier molecular flexibility index (Phi) is 7.15. The van der Waals surface area contributed by atoms with Crippen molar-refractivity contribution in [1.82, 2.24) is 14.5 Å². The van der Waals surface area contributed by atoms with Crippen molar-refractivity contribution in [3.8, 4) is 0 Å². The number of carbonyl (C=O) groups excluding carboxylic acids is 1. The van der Waals surface area contributed by atoms with E-state index in [9.17, 15) is 13.2 Å². The average Bonchev–Trinajstić information content (AvgIpc) is 3.58. The fraction of sp³-hybridized carbons (Fsp3) is 0.630. The van der Waals surface area contributed by atoms with Crippen LogP contribution >= 0.6 is 0 Å². The number of rotatable bonds is 8. The fourth-order valence-corrected chi connectivity index (χ4v) is 6.60. The van der Waals surface area contributed by atoms with E-state index in [1.54, 1.807) is 10.9 Å². The third-order valence-corrected chi connectivity index (χ3v) is 9.80. The van der Waals surface area contributed by atoms with E-state index in [-0.39, 0.29) is 29.3 Å². The van der Waals surface area contributed by atoms with Gasteiger partial charge in [-0.2, -0.15) is 13.5 Å². The van der Waals surface area contributed by atoms with Gasteiger partial charge in [0.15, 0.2) is 5.03 Å². The summed E-state index contributed by atoms with van der Waals surface area (Å²) < 4.78 is 41.8. The van der Waals surface area contributed by atoms with E-state index in [1.807, 2.05) is 27.7 Å². The van der Waals surface area contributed by atoms with Gasteiger partial charge in [-0.25, -0.2) is 9.52 Å². The maximum Gasteiger partial charge on any atom is 0.458 e. The Hall–Kier alpha value is -2.37. The molecule has 0 radical (unpaired) electrons. The van der Waals surface area contributed by atoms with E-state index in [0.29, 0.717) is 6.54 Å². The molecule has 2 aliphatic carbocycles. The van der Waals surface area contributed by atoms with Gasteiger partial charge in [0, 0.05) is 18.4 Å². The maximum atomic E-state index is 12.9. The molecule has 1 aromatic heterocycles. The van der Waals surface area contributed by atoms with Crippen LogP contribution in [0, 0.1) is 5.92 Å². The highest BCUT2D eigenvalue weighted by atomic mass is 32.2. The van der Waals surface area contributed by atoms with Crippen molar-refractivity contribution in [2.24, 2.45) is 5.92 Å². The van der Waals surface area contributed by atoms with E-state index in [4.69, 9.17) is 9.31 Å². The van der Waals surface area contributed by atoms with Crippen molar-refractivity contribution < 1.29 is 22.5 Å². The molecule has 0 spiro atoms. The second kappa shape index (κ2) is 9.99. The Labute approximate surface area is 226 Å². The number of nitrogens with zero attached hydrogens (tertiary/aromatic N) is 2. The number of aromatic nitrogens is 2. The van der Waals surface area contributed by atoms with Crippen LogP contribution in [-0.4, -0.2) is 42.5 Å². The largest absolute Gasteiger partial charge is 0.458 e. The predicted molar refractivity (Wildman–Crippen MR) is 147 cm³/mol. The van der Waals surface area contributed by atoms with Crippen molar-refractivity contribution in [3.05, 3.63) is 40.6 Å². The summed E-state index contributed by atoms with van der Waals surface area (Å²) in [7, 11) is -4.37. The van der Waals surface area contributed by atoms with Gasteiger partial charge >= 0.3 is 13.1 Å². The highest BCUT2D eigenvalue weighted by Gasteiger charge is 2.51. The van der Waals surface area contributed by atoms with Gasteiger partial charge in [-0.05, 0) is 113 Å². The first kappa shape index (κ1) is 27.2.